The van der Waals surface area contributed by atoms with E-state index < -0.39 is 0 Å². The fourth-order valence-electron chi connectivity index (χ4n) is 3.35. The molecule has 3 nitrogen and oxygen atoms in total. The van der Waals surface area contributed by atoms with Gasteiger partial charge in [-0.1, -0.05) is 19.9 Å². The lowest BCUT2D eigenvalue weighted by Gasteiger charge is -2.23. The van der Waals surface area contributed by atoms with Gasteiger partial charge in [0.15, 0.2) is 0 Å². The Morgan fingerprint density at radius 1 is 1.20 bits per heavy atom. The third-order valence-corrected chi connectivity index (χ3v) is 4.55. The fourth-order valence-corrected chi connectivity index (χ4v) is 3.35. The minimum Gasteiger partial charge on any atom is -0.497 e. The molecular formula is C17H27NO2. The Morgan fingerprint density at radius 2 is 2.00 bits per heavy atom. The number of hydrogen-bond acceptors (Lipinski definition) is 3. The van der Waals surface area contributed by atoms with Crippen LogP contribution in [0.25, 0.3) is 0 Å². The third kappa shape index (κ3) is 3.09. The Kier molecular flexibility index (Phi) is 5.30. The van der Waals surface area contributed by atoms with Gasteiger partial charge in [-0.2, -0.15) is 0 Å². The Labute approximate surface area is 122 Å². The van der Waals surface area contributed by atoms with Gasteiger partial charge in [-0.3, -0.25) is 0 Å². The molecule has 20 heavy (non-hydrogen) atoms. The monoisotopic (exact) mass is 277 g/mol. The van der Waals surface area contributed by atoms with Gasteiger partial charge in [0.25, 0.3) is 0 Å². The topological polar surface area (TPSA) is 30.5 Å². The average Bonchev–Trinajstić information content (AvgIpc) is 2.85. The zero-order chi connectivity index (χ0) is 14.5. The van der Waals surface area contributed by atoms with Gasteiger partial charge in [-0.05, 0) is 49.3 Å². The van der Waals surface area contributed by atoms with Gasteiger partial charge in [-0.25, -0.2) is 0 Å². The standard InChI is InChI=1S/C17H27NO2/c1-5-10-18-16-9-8-14(12(16)2)15-7-6-13(19-3)11-17(15)20-4/h6-7,11-12,14,16,18H,5,8-10H2,1-4H3. The van der Waals surface area contributed by atoms with E-state index in [9.17, 15) is 0 Å². The van der Waals surface area contributed by atoms with Crippen molar-refractivity contribution in [1.82, 2.24) is 5.32 Å². The maximum atomic E-state index is 5.56. The summed E-state index contributed by atoms with van der Waals surface area (Å²) in [5.41, 5.74) is 1.32. The lowest BCUT2D eigenvalue weighted by atomic mass is 9.88. The van der Waals surface area contributed by atoms with Crippen LogP contribution in [0, 0.1) is 5.92 Å². The number of hydrogen-bond donors (Lipinski definition) is 1. The molecule has 0 bridgehead atoms. The van der Waals surface area contributed by atoms with Gasteiger partial charge >= 0.3 is 0 Å². The van der Waals surface area contributed by atoms with Crippen molar-refractivity contribution in [3.8, 4) is 11.5 Å². The summed E-state index contributed by atoms with van der Waals surface area (Å²) in [5.74, 6) is 3.03. The van der Waals surface area contributed by atoms with Crippen molar-refractivity contribution in [3.05, 3.63) is 23.8 Å². The molecule has 0 spiro atoms. The van der Waals surface area contributed by atoms with Crippen LogP contribution in [0.1, 0.15) is 44.6 Å². The molecule has 112 valence electrons. The summed E-state index contributed by atoms with van der Waals surface area (Å²) in [7, 11) is 3.43. The van der Waals surface area contributed by atoms with E-state index >= 15 is 0 Å². The van der Waals surface area contributed by atoms with Crippen molar-refractivity contribution in [1.29, 1.82) is 0 Å². The molecule has 3 unspecified atom stereocenters. The van der Waals surface area contributed by atoms with Crippen molar-refractivity contribution in [2.75, 3.05) is 20.8 Å². The van der Waals surface area contributed by atoms with Crippen LogP contribution < -0.4 is 14.8 Å². The second-order valence-corrected chi connectivity index (χ2v) is 5.71. The second kappa shape index (κ2) is 6.98. The van der Waals surface area contributed by atoms with E-state index in [4.69, 9.17) is 9.47 Å². The Hall–Kier alpha value is -1.22. The Bertz CT molecular complexity index is 433. The first-order valence-corrected chi connectivity index (χ1v) is 7.66. The van der Waals surface area contributed by atoms with E-state index in [2.05, 4.69) is 25.2 Å². The van der Waals surface area contributed by atoms with Crippen LogP contribution in [0.3, 0.4) is 0 Å². The molecule has 1 aromatic rings. The minimum atomic E-state index is 0.574. The summed E-state index contributed by atoms with van der Waals surface area (Å²) in [5, 5.41) is 3.68. The molecule has 2 rings (SSSR count). The molecule has 0 radical (unpaired) electrons. The summed E-state index contributed by atoms with van der Waals surface area (Å²) in [6, 6.07) is 6.83. The van der Waals surface area contributed by atoms with Gasteiger partial charge in [0, 0.05) is 12.1 Å². The van der Waals surface area contributed by atoms with Crippen LogP contribution in [-0.2, 0) is 0 Å². The molecule has 1 aromatic carbocycles. The largest absolute Gasteiger partial charge is 0.497 e. The van der Waals surface area contributed by atoms with Crippen molar-refractivity contribution >= 4 is 0 Å². The lowest BCUT2D eigenvalue weighted by Crippen LogP contribution is -2.32. The highest BCUT2D eigenvalue weighted by atomic mass is 16.5. The van der Waals surface area contributed by atoms with Gasteiger partial charge in [0.1, 0.15) is 11.5 Å². The predicted molar refractivity (Wildman–Crippen MR) is 82.8 cm³/mol. The normalized spacial score (nSPS) is 25.7. The first-order chi connectivity index (χ1) is 9.71. The van der Waals surface area contributed by atoms with Gasteiger partial charge in [0.05, 0.1) is 14.2 Å². The van der Waals surface area contributed by atoms with E-state index in [0.29, 0.717) is 17.9 Å². The predicted octanol–water partition coefficient (Wildman–Crippen LogP) is 3.59. The highest BCUT2D eigenvalue weighted by Gasteiger charge is 2.34. The molecule has 1 N–H and O–H groups in total. The second-order valence-electron chi connectivity index (χ2n) is 5.71. The van der Waals surface area contributed by atoms with Gasteiger partial charge in [-0.15, -0.1) is 0 Å². The van der Waals surface area contributed by atoms with Crippen LogP contribution in [0.5, 0.6) is 11.5 Å². The van der Waals surface area contributed by atoms with E-state index in [0.717, 1.165) is 18.0 Å². The summed E-state index contributed by atoms with van der Waals surface area (Å²) in [4.78, 5) is 0. The molecular weight excluding hydrogens is 250 g/mol. The van der Waals surface area contributed by atoms with E-state index in [1.807, 2.05) is 12.1 Å². The average molecular weight is 277 g/mol. The van der Waals surface area contributed by atoms with Crippen molar-refractivity contribution in [3.63, 3.8) is 0 Å². The highest BCUT2D eigenvalue weighted by molar-refractivity contribution is 5.43. The zero-order valence-electron chi connectivity index (χ0n) is 13.1. The summed E-state index contributed by atoms with van der Waals surface area (Å²) in [6.07, 6.45) is 3.67. The summed E-state index contributed by atoms with van der Waals surface area (Å²) >= 11 is 0. The molecule has 0 saturated heterocycles. The molecule has 3 atom stereocenters. The lowest BCUT2D eigenvalue weighted by molar-refractivity contribution is 0.373. The maximum absolute atomic E-state index is 5.56. The summed E-state index contributed by atoms with van der Waals surface area (Å²) < 4.78 is 10.8. The van der Waals surface area contributed by atoms with Crippen LogP contribution in [0.2, 0.25) is 0 Å². The van der Waals surface area contributed by atoms with Crippen molar-refractivity contribution in [2.45, 2.75) is 45.1 Å². The van der Waals surface area contributed by atoms with E-state index in [1.165, 1.54) is 24.8 Å². The Balaban J connectivity index is 2.15. The SMILES string of the molecule is CCCNC1CCC(c2ccc(OC)cc2OC)C1C. The molecule has 0 aromatic heterocycles. The third-order valence-electron chi connectivity index (χ3n) is 4.55. The smallest absolute Gasteiger partial charge is 0.126 e. The molecule has 1 saturated carbocycles. The van der Waals surface area contributed by atoms with Crippen molar-refractivity contribution in [2.24, 2.45) is 5.92 Å². The van der Waals surface area contributed by atoms with Crippen LogP contribution in [0.15, 0.2) is 18.2 Å². The highest BCUT2D eigenvalue weighted by Crippen LogP contribution is 2.43. The molecule has 1 fully saturated rings. The van der Waals surface area contributed by atoms with Crippen LogP contribution in [0.4, 0.5) is 0 Å². The number of ether oxygens (including phenoxy) is 2. The fraction of sp³-hybridized carbons (Fsp3) is 0.647. The number of nitrogens with one attached hydrogen (secondary N) is 1. The number of rotatable bonds is 6. The zero-order valence-corrected chi connectivity index (χ0v) is 13.1. The van der Waals surface area contributed by atoms with E-state index in [1.54, 1.807) is 14.2 Å². The van der Waals surface area contributed by atoms with E-state index in [-0.39, 0.29) is 0 Å². The molecule has 3 heteroatoms. The molecule has 1 aliphatic carbocycles. The van der Waals surface area contributed by atoms with Crippen LogP contribution in [-0.4, -0.2) is 26.8 Å². The molecule has 0 heterocycles. The van der Waals surface area contributed by atoms with Gasteiger partial charge in [0.2, 0.25) is 0 Å². The Morgan fingerprint density at radius 3 is 2.65 bits per heavy atom. The van der Waals surface area contributed by atoms with Gasteiger partial charge < -0.3 is 14.8 Å². The molecule has 0 aliphatic heterocycles. The minimum absolute atomic E-state index is 0.574. The number of benzene rings is 1. The first kappa shape index (κ1) is 15.2. The van der Waals surface area contributed by atoms with Crippen molar-refractivity contribution < 1.29 is 9.47 Å². The summed E-state index contributed by atoms with van der Waals surface area (Å²) in [6.45, 7) is 5.69. The quantitative estimate of drug-likeness (QED) is 0.862. The van der Waals surface area contributed by atoms with Crippen LogP contribution >= 0.6 is 0 Å². The molecule has 1 aliphatic rings. The maximum Gasteiger partial charge on any atom is 0.126 e. The molecule has 0 amide bonds. The number of methoxy groups -OCH3 is 2. The first-order valence-electron chi connectivity index (χ1n) is 7.66.